The van der Waals surface area contributed by atoms with Gasteiger partial charge in [-0.2, -0.15) is 0 Å². The van der Waals surface area contributed by atoms with E-state index >= 15 is 0 Å². The Labute approximate surface area is 110 Å². The van der Waals surface area contributed by atoms with E-state index in [-0.39, 0.29) is 11.9 Å². The largest absolute Gasteiger partial charge is 0.456 e. The molecule has 2 rings (SSSR count). The summed E-state index contributed by atoms with van der Waals surface area (Å²) in [7, 11) is 0. The van der Waals surface area contributed by atoms with E-state index in [1.54, 1.807) is 24.3 Å². The van der Waals surface area contributed by atoms with Crippen molar-refractivity contribution in [1.82, 2.24) is 0 Å². The molecule has 4 heteroatoms. The normalized spacial score (nSPS) is 12.2. The third-order valence-corrected chi connectivity index (χ3v) is 2.80. The van der Waals surface area contributed by atoms with Crippen molar-refractivity contribution in [2.45, 2.75) is 13.0 Å². The van der Waals surface area contributed by atoms with Gasteiger partial charge in [-0.15, -0.1) is 0 Å². The predicted octanol–water partition coefficient (Wildman–Crippen LogP) is 4.29. The van der Waals surface area contributed by atoms with Gasteiger partial charge in [-0.25, -0.2) is 4.39 Å². The molecule has 0 aliphatic heterocycles. The molecule has 0 fully saturated rings. The van der Waals surface area contributed by atoms with E-state index in [0.717, 1.165) is 5.56 Å². The minimum atomic E-state index is -0.351. The van der Waals surface area contributed by atoms with Crippen molar-refractivity contribution in [2.24, 2.45) is 5.73 Å². The number of rotatable bonds is 3. The lowest BCUT2D eigenvalue weighted by atomic mass is 10.1. The SMILES string of the molecule is C[C@H](N)c1ccc(Oc2cccc(F)c2)c(Cl)c1. The molecule has 0 amide bonds. The molecule has 0 aliphatic carbocycles. The van der Waals surface area contributed by atoms with Crippen LogP contribution in [-0.4, -0.2) is 0 Å². The molecule has 0 heterocycles. The molecule has 1 atom stereocenters. The number of ether oxygens (including phenoxy) is 1. The summed E-state index contributed by atoms with van der Waals surface area (Å²) < 4.78 is 18.5. The van der Waals surface area contributed by atoms with E-state index in [1.807, 2.05) is 13.0 Å². The fourth-order valence-electron chi connectivity index (χ4n) is 1.54. The van der Waals surface area contributed by atoms with Crippen molar-refractivity contribution in [3.05, 3.63) is 58.9 Å². The lowest BCUT2D eigenvalue weighted by molar-refractivity contribution is 0.476. The summed E-state index contributed by atoms with van der Waals surface area (Å²) in [5, 5.41) is 0.453. The molecule has 0 aliphatic rings. The van der Waals surface area contributed by atoms with Crippen LogP contribution in [0.1, 0.15) is 18.5 Å². The predicted molar refractivity (Wildman–Crippen MR) is 70.5 cm³/mol. The van der Waals surface area contributed by atoms with Crippen LogP contribution < -0.4 is 10.5 Å². The molecular weight excluding hydrogens is 253 g/mol. The van der Waals surface area contributed by atoms with Gasteiger partial charge in [-0.05, 0) is 36.8 Å². The maximum Gasteiger partial charge on any atom is 0.146 e. The molecule has 0 bridgehead atoms. The minimum Gasteiger partial charge on any atom is -0.456 e. The zero-order valence-electron chi connectivity index (χ0n) is 9.86. The highest BCUT2D eigenvalue weighted by molar-refractivity contribution is 6.32. The zero-order chi connectivity index (χ0) is 13.1. The number of nitrogens with two attached hydrogens (primary N) is 1. The number of benzene rings is 2. The topological polar surface area (TPSA) is 35.2 Å². The van der Waals surface area contributed by atoms with Gasteiger partial charge in [0.25, 0.3) is 0 Å². The van der Waals surface area contributed by atoms with Crippen molar-refractivity contribution in [3.63, 3.8) is 0 Å². The van der Waals surface area contributed by atoms with E-state index in [4.69, 9.17) is 22.1 Å². The van der Waals surface area contributed by atoms with Crippen LogP contribution in [0.3, 0.4) is 0 Å². The van der Waals surface area contributed by atoms with Crippen LogP contribution in [-0.2, 0) is 0 Å². The summed E-state index contributed by atoms with van der Waals surface area (Å²) in [6.07, 6.45) is 0. The second-order valence-electron chi connectivity index (χ2n) is 4.04. The molecule has 0 saturated carbocycles. The van der Waals surface area contributed by atoms with Crippen molar-refractivity contribution in [1.29, 1.82) is 0 Å². The summed E-state index contributed by atoms with van der Waals surface area (Å²) in [5.74, 6) is 0.535. The second-order valence-corrected chi connectivity index (χ2v) is 4.45. The summed E-state index contributed by atoms with van der Waals surface area (Å²) in [4.78, 5) is 0. The molecule has 0 radical (unpaired) electrons. The lowest BCUT2D eigenvalue weighted by Gasteiger charge is -2.11. The van der Waals surface area contributed by atoms with Crippen molar-refractivity contribution >= 4 is 11.6 Å². The van der Waals surface area contributed by atoms with Gasteiger partial charge in [0.15, 0.2) is 0 Å². The Morgan fingerprint density at radius 2 is 2.00 bits per heavy atom. The average Bonchev–Trinajstić information content (AvgIpc) is 2.31. The number of hydrogen-bond acceptors (Lipinski definition) is 2. The maximum absolute atomic E-state index is 13.0. The zero-order valence-corrected chi connectivity index (χ0v) is 10.6. The fourth-order valence-corrected chi connectivity index (χ4v) is 1.77. The highest BCUT2D eigenvalue weighted by Gasteiger charge is 2.07. The molecule has 2 aromatic carbocycles. The molecule has 0 spiro atoms. The Bertz CT molecular complexity index is 557. The van der Waals surface area contributed by atoms with Gasteiger partial charge >= 0.3 is 0 Å². The monoisotopic (exact) mass is 265 g/mol. The van der Waals surface area contributed by atoms with Gasteiger partial charge < -0.3 is 10.5 Å². The van der Waals surface area contributed by atoms with Gasteiger partial charge in [-0.3, -0.25) is 0 Å². The van der Waals surface area contributed by atoms with Crippen molar-refractivity contribution in [2.75, 3.05) is 0 Å². The second kappa shape index (κ2) is 5.38. The molecule has 0 aromatic heterocycles. The standard InChI is InChI=1S/C14H13ClFNO/c1-9(17)10-5-6-14(13(15)7-10)18-12-4-2-3-11(16)8-12/h2-9H,17H2,1H3/t9-/m0/s1. The van der Waals surface area contributed by atoms with Crippen molar-refractivity contribution < 1.29 is 9.13 Å². The summed E-state index contributed by atoms with van der Waals surface area (Å²) in [5.41, 5.74) is 6.68. The molecule has 0 unspecified atom stereocenters. The van der Waals surface area contributed by atoms with Crippen LogP contribution in [0.5, 0.6) is 11.5 Å². The quantitative estimate of drug-likeness (QED) is 0.898. The molecule has 18 heavy (non-hydrogen) atoms. The van der Waals surface area contributed by atoms with Crippen LogP contribution >= 0.6 is 11.6 Å². The van der Waals surface area contributed by atoms with Gasteiger partial charge in [0, 0.05) is 12.1 Å². The Balaban J connectivity index is 2.24. The molecule has 2 nitrogen and oxygen atoms in total. The van der Waals surface area contributed by atoms with Crippen LogP contribution in [0.25, 0.3) is 0 Å². The molecule has 94 valence electrons. The van der Waals surface area contributed by atoms with Gasteiger partial charge in [0.1, 0.15) is 17.3 Å². The van der Waals surface area contributed by atoms with Crippen LogP contribution in [0.15, 0.2) is 42.5 Å². The lowest BCUT2D eigenvalue weighted by Crippen LogP contribution is -2.04. The molecule has 2 N–H and O–H groups in total. The van der Waals surface area contributed by atoms with E-state index < -0.39 is 0 Å². The van der Waals surface area contributed by atoms with Gasteiger partial charge in [-0.1, -0.05) is 23.7 Å². The van der Waals surface area contributed by atoms with Crippen molar-refractivity contribution in [3.8, 4) is 11.5 Å². The number of hydrogen-bond donors (Lipinski definition) is 1. The summed E-state index contributed by atoms with van der Waals surface area (Å²) >= 11 is 6.09. The smallest absolute Gasteiger partial charge is 0.146 e. The Kier molecular flexibility index (Phi) is 3.84. The minimum absolute atomic E-state index is 0.0919. The number of halogens is 2. The van der Waals surface area contributed by atoms with E-state index in [0.29, 0.717) is 16.5 Å². The Morgan fingerprint density at radius 1 is 1.22 bits per heavy atom. The third kappa shape index (κ3) is 3.00. The van der Waals surface area contributed by atoms with E-state index in [1.165, 1.54) is 12.1 Å². The first-order chi connectivity index (χ1) is 8.56. The highest BCUT2D eigenvalue weighted by Crippen LogP contribution is 2.31. The first kappa shape index (κ1) is 12.9. The van der Waals surface area contributed by atoms with Crippen LogP contribution in [0.4, 0.5) is 4.39 Å². The Morgan fingerprint density at radius 3 is 2.61 bits per heavy atom. The summed E-state index contributed by atoms with van der Waals surface area (Å²) in [6, 6.07) is 11.1. The molecular formula is C14H13ClFNO. The van der Waals surface area contributed by atoms with E-state index in [2.05, 4.69) is 0 Å². The molecule has 0 saturated heterocycles. The highest BCUT2D eigenvalue weighted by atomic mass is 35.5. The van der Waals surface area contributed by atoms with Gasteiger partial charge in [0.2, 0.25) is 0 Å². The van der Waals surface area contributed by atoms with Crippen LogP contribution in [0.2, 0.25) is 5.02 Å². The third-order valence-electron chi connectivity index (χ3n) is 2.51. The Hall–Kier alpha value is -1.58. The average molecular weight is 266 g/mol. The van der Waals surface area contributed by atoms with Crippen LogP contribution in [0, 0.1) is 5.82 Å². The van der Waals surface area contributed by atoms with Gasteiger partial charge in [0.05, 0.1) is 5.02 Å². The van der Waals surface area contributed by atoms with E-state index in [9.17, 15) is 4.39 Å². The maximum atomic E-state index is 13.0. The first-order valence-electron chi connectivity index (χ1n) is 5.54. The summed E-state index contributed by atoms with van der Waals surface area (Å²) in [6.45, 7) is 1.87. The fraction of sp³-hybridized carbons (Fsp3) is 0.143. The molecule has 2 aromatic rings. The first-order valence-corrected chi connectivity index (χ1v) is 5.92.